The number of oxime groups is 1. The van der Waals surface area contributed by atoms with Crippen molar-refractivity contribution in [3.8, 4) is 0 Å². The quantitative estimate of drug-likeness (QED) is 0.834. The highest BCUT2D eigenvalue weighted by Crippen LogP contribution is 2.29. The Labute approximate surface area is 148 Å². The number of halogens is 4. The Bertz CT molecular complexity index is 742. The van der Waals surface area contributed by atoms with E-state index < -0.39 is 11.7 Å². The van der Waals surface area contributed by atoms with Crippen molar-refractivity contribution in [2.45, 2.75) is 25.2 Å². The van der Waals surface area contributed by atoms with Crippen LogP contribution in [0.2, 0.25) is 5.02 Å². The van der Waals surface area contributed by atoms with E-state index in [0.717, 1.165) is 29.0 Å². The fraction of sp³-hybridized carbons (Fsp3) is 0.278. The summed E-state index contributed by atoms with van der Waals surface area (Å²) in [6.07, 6.45) is -3.74. The highest BCUT2D eigenvalue weighted by Gasteiger charge is 2.29. The summed E-state index contributed by atoms with van der Waals surface area (Å²) in [6, 6.07) is 12.5. The van der Waals surface area contributed by atoms with Crippen molar-refractivity contribution in [1.82, 2.24) is 5.32 Å². The molecule has 1 heterocycles. The van der Waals surface area contributed by atoms with Crippen LogP contribution in [-0.4, -0.2) is 18.4 Å². The SMILES string of the molecule is FC(F)(F)c1ccc(CNC[C@@H]2CC(c3ccc(Cl)cc3)=NO2)cc1. The lowest BCUT2D eigenvalue weighted by Gasteiger charge is -2.11. The lowest BCUT2D eigenvalue weighted by atomic mass is 10.1. The molecule has 0 aromatic heterocycles. The number of hydrogen-bond donors (Lipinski definition) is 1. The van der Waals surface area contributed by atoms with Gasteiger partial charge < -0.3 is 10.2 Å². The summed E-state index contributed by atoms with van der Waals surface area (Å²) >= 11 is 5.86. The van der Waals surface area contributed by atoms with Crippen molar-refractivity contribution in [3.05, 3.63) is 70.2 Å². The normalized spacial score (nSPS) is 17.3. The van der Waals surface area contributed by atoms with Gasteiger partial charge in [0.25, 0.3) is 0 Å². The third kappa shape index (κ3) is 4.74. The highest BCUT2D eigenvalue weighted by atomic mass is 35.5. The molecule has 3 nitrogen and oxygen atoms in total. The Morgan fingerprint density at radius 3 is 2.40 bits per heavy atom. The Morgan fingerprint density at radius 2 is 1.76 bits per heavy atom. The molecule has 0 saturated carbocycles. The van der Waals surface area contributed by atoms with Crippen molar-refractivity contribution in [2.75, 3.05) is 6.54 Å². The minimum absolute atomic E-state index is 0.0971. The summed E-state index contributed by atoms with van der Waals surface area (Å²) in [7, 11) is 0. The first-order valence-corrected chi connectivity index (χ1v) is 8.15. The number of benzene rings is 2. The molecule has 0 aliphatic carbocycles. The summed E-state index contributed by atoms with van der Waals surface area (Å²) in [4.78, 5) is 5.40. The topological polar surface area (TPSA) is 33.6 Å². The van der Waals surface area contributed by atoms with Gasteiger partial charge in [-0.05, 0) is 35.4 Å². The van der Waals surface area contributed by atoms with Gasteiger partial charge in [0.2, 0.25) is 0 Å². The molecule has 1 N–H and O–H groups in total. The van der Waals surface area contributed by atoms with Crippen LogP contribution in [0.5, 0.6) is 0 Å². The molecule has 0 amide bonds. The first kappa shape index (κ1) is 17.8. The van der Waals surface area contributed by atoms with Crippen LogP contribution >= 0.6 is 11.6 Å². The maximum atomic E-state index is 12.5. The minimum atomic E-state index is -4.31. The third-order valence-electron chi connectivity index (χ3n) is 3.89. The summed E-state index contributed by atoms with van der Waals surface area (Å²) in [6.45, 7) is 1.02. The Balaban J connectivity index is 1.45. The van der Waals surface area contributed by atoms with E-state index in [9.17, 15) is 13.2 Å². The zero-order chi connectivity index (χ0) is 17.9. The van der Waals surface area contributed by atoms with Crippen LogP contribution in [0.4, 0.5) is 13.2 Å². The first-order chi connectivity index (χ1) is 11.9. The Morgan fingerprint density at radius 1 is 1.08 bits per heavy atom. The van der Waals surface area contributed by atoms with Crippen LogP contribution < -0.4 is 5.32 Å². The smallest absolute Gasteiger partial charge is 0.390 e. The van der Waals surface area contributed by atoms with Crippen LogP contribution in [0.3, 0.4) is 0 Å². The highest BCUT2D eigenvalue weighted by molar-refractivity contribution is 6.30. The molecule has 2 aromatic rings. The van der Waals surface area contributed by atoms with Crippen LogP contribution in [0.25, 0.3) is 0 Å². The maximum absolute atomic E-state index is 12.5. The predicted molar refractivity (Wildman–Crippen MR) is 90.6 cm³/mol. The molecular formula is C18H16ClF3N2O. The van der Waals surface area contributed by atoms with Gasteiger partial charge in [0.15, 0.2) is 0 Å². The molecule has 0 spiro atoms. The van der Waals surface area contributed by atoms with E-state index in [-0.39, 0.29) is 6.10 Å². The van der Waals surface area contributed by atoms with Crippen molar-refractivity contribution in [3.63, 3.8) is 0 Å². The van der Waals surface area contributed by atoms with E-state index in [0.29, 0.717) is 24.5 Å². The van der Waals surface area contributed by atoms with E-state index in [4.69, 9.17) is 16.4 Å². The fourth-order valence-corrected chi connectivity index (χ4v) is 2.67. The molecule has 0 unspecified atom stereocenters. The second kappa shape index (κ2) is 7.45. The maximum Gasteiger partial charge on any atom is 0.416 e. The van der Waals surface area contributed by atoms with Crippen molar-refractivity contribution in [1.29, 1.82) is 0 Å². The summed E-state index contributed by atoms with van der Waals surface area (Å²) in [5.74, 6) is 0. The van der Waals surface area contributed by atoms with Crippen molar-refractivity contribution < 1.29 is 18.0 Å². The van der Waals surface area contributed by atoms with E-state index in [2.05, 4.69) is 10.5 Å². The fourth-order valence-electron chi connectivity index (χ4n) is 2.54. The number of nitrogens with zero attached hydrogens (tertiary/aromatic N) is 1. The van der Waals surface area contributed by atoms with Gasteiger partial charge in [0.1, 0.15) is 6.10 Å². The van der Waals surface area contributed by atoms with Gasteiger partial charge in [-0.25, -0.2) is 0 Å². The number of hydrogen-bond acceptors (Lipinski definition) is 3. The molecule has 3 rings (SSSR count). The van der Waals surface area contributed by atoms with Crippen LogP contribution in [-0.2, 0) is 17.6 Å². The van der Waals surface area contributed by atoms with Gasteiger partial charge >= 0.3 is 6.18 Å². The van der Waals surface area contributed by atoms with Crippen molar-refractivity contribution in [2.24, 2.45) is 5.16 Å². The van der Waals surface area contributed by atoms with E-state index in [1.807, 2.05) is 12.1 Å². The molecular weight excluding hydrogens is 353 g/mol. The predicted octanol–water partition coefficient (Wildman–Crippen LogP) is 4.64. The molecule has 7 heteroatoms. The molecule has 1 aliphatic rings. The second-order valence-electron chi connectivity index (χ2n) is 5.80. The Kier molecular flexibility index (Phi) is 5.30. The van der Waals surface area contributed by atoms with Gasteiger partial charge in [-0.2, -0.15) is 13.2 Å². The molecule has 0 radical (unpaired) electrons. The number of alkyl halides is 3. The van der Waals surface area contributed by atoms with Gasteiger partial charge in [-0.3, -0.25) is 0 Å². The molecule has 1 aliphatic heterocycles. The molecule has 2 aromatic carbocycles. The zero-order valence-electron chi connectivity index (χ0n) is 13.2. The van der Waals surface area contributed by atoms with Crippen molar-refractivity contribution >= 4 is 17.3 Å². The van der Waals surface area contributed by atoms with Gasteiger partial charge in [-0.15, -0.1) is 0 Å². The first-order valence-electron chi connectivity index (χ1n) is 7.77. The summed E-state index contributed by atoms with van der Waals surface area (Å²) < 4.78 is 37.6. The van der Waals surface area contributed by atoms with E-state index in [1.54, 1.807) is 12.1 Å². The average molecular weight is 369 g/mol. The Hall–Kier alpha value is -2.05. The van der Waals surface area contributed by atoms with Gasteiger partial charge in [0.05, 0.1) is 11.3 Å². The molecule has 1 atom stereocenters. The average Bonchev–Trinajstić information content (AvgIpc) is 3.04. The summed E-state index contributed by atoms with van der Waals surface area (Å²) in [5, 5.41) is 7.94. The number of rotatable bonds is 5. The standard InChI is InChI=1S/C18H16ClF3N2O/c19-15-7-3-13(4-8-15)17-9-16(25-24-17)11-23-10-12-1-5-14(6-2-12)18(20,21)22/h1-8,16,23H,9-11H2/t16-/m0/s1. The third-order valence-corrected chi connectivity index (χ3v) is 4.14. The second-order valence-corrected chi connectivity index (χ2v) is 6.24. The lowest BCUT2D eigenvalue weighted by molar-refractivity contribution is -0.137. The number of nitrogens with one attached hydrogen (secondary N) is 1. The van der Waals surface area contributed by atoms with E-state index in [1.165, 1.54) is 12.1 Å². The monoisotopic (exact) mass is 368 g/mol. The molecule has 132 valence electrons. The molecule has 25 heavy (non-hydrogen) atoms. The molecule has 0 fully saturated rings. The van der Waals surface area contributed by atoms with Gasteiger partial charge in [-0.1, -0.05) is 41.0 Å². The van der Waals surface area contributed by atoms with Crippen LogP contribution in [0, 0.1) is 0 Å². The summed E-state index contributed by atoms with van der Waals surface area (Å²) in [5.41, 5.74) is 1.97. The lowest BCUT2D eigenvalue weighted by Crippen LogP contribution is -2.26. The van der Waals surface area contributed by atoms with Crippen LogP contribution in [0.1, 0.15) is 23.1 Å². The van der Waals surface area contributed by atoms with Crippen LogP contribution in [0.15, 0.2) is 53.7 Å². The molecule has 0 saturated heterocycles. The van der Waals surface area contributed by atoms with E-state index >= 15 is 0 Å². The largest absolute Gasteiger partial charge is 0.416 e. The minimum Gasteiger partial charge on any atom is -0.390 e. The molecule has 0 bridgehead atoms. The van der Waals surface area contributed by atoms with Gasteiger partial charge in [0, 0.05) is 24.5 Å². The zero-order valence-corrected chi connectivity index (χ0v) is 13.9.